The molecule has 0 bridgehead atoms. The Hall–Kier alpha value is -1.84. The fourth-order valence-corrected chi connectivity index (χ4v) is 2.72. The molecule has 2 rings (SSSR count). The summed E-state index contributed by atoms with van der Waals surface area (Å²) in [6.07, 6.45) is 6.79. The number of fused-ring (bicyclic) bond motifs is 1. The first-order valence-electron chi connectivity index (χ1n) is 8.84. The van der Waals surface area contributed by atoms with Crippen LogP contribution in [0.3, 0.4) is 0 Å². The molecule has 126 valence electrons. The van der Waals surface area contributed by atoms with Crippen molar-refractivity contribution in [3.63, 3.8) is 0 Å². The van der Waals surface area contributed by atoms with Crippen molar-refractivity contribution in [1.82, 2.24) is 10.3 Å². The summed E-state index contributed by atoms with van der Waals surface area (Å²) in [6.45, 7) is 5.20. The maximum atomic E-state index is 11.9. The van der Waals surface area contributed by atoms with E-state index in [1.165, 1.54) is 19.3 Å². The zero-order valence-corrected chi connectivity index (χ0v) is 14.3. The highest BCUT2D eigenvalue weighted by molar-refractivity contribution is 5.75. The van der Waals surface area contributed by atoms with Crippen molar-refractivity contribution in [1.29, 1.82) is 0 Å². The van der Waals surface area contributed by atoms with Gasteiger partial charge in [-0.15, -0.1) is 0 Å². The molecule has 4 heteroatoms. The largest absolute Gasteiger partial charge is 0.441 e. The van der Waals surface area contributed by atoms with Gasteiger partial charge in [-0.3, -0.25) is 4.79 Å². The Morgan fingerprint density at radius 3 is 2.83 bits per heavy atom. The number of carbonyl (C=O) groups is 1. The van der Waals surface area contributed by atoms with E-state index < -0.39 is 0 Å². The number of unbranched alkanes of at least 4 members (excludes halogenated alkanes) is 1. The summed E-state index contributed by atoms with van der Waals surface area (Å²) in [6, 6.07) is 7.74. The summed E-state index contributed by atoms with van der Waals surface area (Å²) >= 11 is 0. The molecule has 0 spiro atoms. The van der Waals surface area contributed by atoms with E-state index >= 15 is 0 Å². The van der Waals surface area contributed by atoms with Crippen molar-refractivity contribution in [3.8, 4) is 0 Å². The summed E-state index contributed by atoms with van der Waals surface area (Å²) in [5.41, 5.74) is 1.70. The molecule has 0 fully saturated rings. The van der Waals surface area contributed by atoms with Crippen molar-refractivity contribution in [2.24, 2.45) is 5.92 Å². The molecule has 1 heterocycles. The Balaban J connectivity index is 1.68. The van der Waals surface area contributed by atoms with E-state index in [-0.39, 0.29) is 5.91 Å². The maximum absolute atomic E-state index is 11.9. The fraction of sp³-hybridized carbons (Fsp3) is 0.579. The molecule has 2 aromatic rings. The van der Waals surface area contributed by atoms with Gasteiger partial charge in [-0.2, -0.15) is 0 Å². The molecule has 1 atom stereocenters. The lowest BCUT2D eigenvalue weighted by molar-refractivity contribution is -0.121. The number of hydrogen-bond acceptors (Lipinski definition) is 3. The Labute approximate surface area is 138 Å². The Morgan fingerprint density at radius 2 is 2.09 bits per heavy atom. The first-order chi connectivity index (χ1) is 11.2. The van der Waals surface area contributed by atoms with E-state index in [1.54, 1.807) is 0 Å². The number of para-hydroxylation sites is 2. The molecule has 0 saturated heterocycles. The van der Waals surface area contributed by atoms with Crippen LogP contribution in [0, 0.1) is 5.92 Å². The summed E-state index contributed by atoms with van der Waals surface area (Å²) < 4.78 is 5.67. The first kappa shape index (κ1) is 17.5. The minimum absolute atomic E-state index is 0.135. The number of oxazole rings is 1. The molecule has 1 aromatic carbocycles. The molecule has 0 radical (unpaired) electrons. The van der Waals surface area contributed by atoms with E-state index in [4.69, 9.17) is 4.42 Å². The van der Waals surface area contributed by atoms with Crippen LogP contribution in [0.4, 0.5) is 0 Å². The molecule has 0 saturated carbocycles. The number of hydrogen-bond donors (Lipinski definition) is 1. The smallest absolute Gasteiger partial charge is 0.220 e. The van der Waals surface area contributed by atoms with Gasteiger partial charge in [-0.1, -0.05) is 45.2 Å². The number of rotatable bonds is 10. The summed E-state index contributed by atoms with van der Waals surface area (Å²) in [5, 5.41) is 3.07. The lowest BCUT2D eigenvalue weighted by atomic mass is 9.99. The van der Waals surface area contributed by atoms with Crippen LogP contribution >= 0.6 is 0 Å². The highest BCUT2D eigenvalue weighted by atomic mass is 16.3. The third kappa shape index (κ3) is 5.70. The molecule has 23 heavy (non-hydrogen) atoms. The van der Waals surface area contributed by atoms with E-state index in [1.807, 2.05) is 24.3 Å². The molecule has 0 aliphatic heterocycles. The summed E-state index contributed by atoms with van der Waals surface area (Å²) in [7, 11) is 0. The highest BCUT2D eigenvalue weighted by Gasteiger charge is 2.09. The zero-order valence-electron chi connectivity index (χ0n) is 14.3. The quantitative estimate of drug-likeness (QED) is 0.703. The second-order valence-corrected chi connectivity index (χ2v) is 6.15. The van der Waals surface area contributed by atoms with Gasteiger partial charge >= 0.3 is 0 Å². The molecule has 1 N–H and O–H groups in total. The van der Waals surface area contributed by atoms with Crippen LogP contribution in [-0.2, 0) is 11.2 Å². The molecular weight excluding hydrogens is 288 g/mol. The zero-order chi connectivity index (χ0) is 16.5. The van der Waals surface area contributed by atoms with E-state index in [9.17, 15) is 4.79 Å². The minimum Gasteiger partial charge on any atom is -0.441 e. The number of aromatic nitrogens is 1. The fourth-order valence-electron chi connectivity index (χ4n) is 2.72. The minimum atomic E-state index is 0.135. The van der Waals surface area contributed by atoms with Gasteiger partial charge in [0.05, 0.1) is 0 Å². The van der Waals surface area contributed by atoms with E-state index in [2.05, 4.69) is 24.1 Å². The number of amides is 1. The Morgan fingerprint density at radius 1 is 1.26 bits per heavy atom. The molecule has 0 aliphatic carbocycles. The van der Waals surface area contributed by atoms with Gasteiger partial charge in [0.15, 0.2) is 11.5 Å². The molecule has 0 aliphatic rings. The van der Waals surface area contributed by atoms with E-state index in [0.29, 0.717) is 24.7 Å². The van der Waals surface area contributed by atoms with Crippen LogP contribution in [0.25, 0.3) is 11.1 Å². The Kier molecular flexibility index (Phi) is 7.11. The average Bonchev–Trinajstić information content (AvgIpc) is 2.97. The van der Waals surface area contributed by atoms with Crippen molar-refractivity contribution in [3.05, 3.63) is 30.2 Å². The SMILES string of the molecule is CCCC[C@H](CC)CNC(=O)CCCc1nc2ccccc2o1. The van der Waals surface area contributed by atoms with Crippen LogP contribution in [0.2, 0.25) is 0 Å². The first-order valence-corrected chi connectivity index (χ1v) is 8.84. The van der Waals surface area contributed by atoms with Gasteiger partial charge in [0.2, 0.25) is 5.91 Å². The average molecular weight is 316 g/mol. The van der Waals surface area contributed by atoms with Crippen LogP contribution in [0.15, 0.2) is 28.7 Å². The normalized spacial score (nSPS) is 12.4. The molecule has 1 amide bonds. The number of carbonyl (C=O) groups excluding carboxylic acids is 1. The lowest BCUT2D eigenvalue weighted by Gasteiger charge is -2.15. The van der Waals surface area contributed by atoms with Crippen molar-refractivity contribution in [2.45, 2.75) is 58.8 Å². The van der Waals surface area contributed by atoms with Gasteiger partial charge in [0.1, 0.15) is 5.52 Å². The predicted octanol–water partition coefficient (Wildman–Crippen LogP) is 4.48. The molecule has 4 nitrogen and oxygen atoms in total. The van der Waals surface area contributed by atoms with E-state index in [0.717, 1.165) is 30.5 Å². The van der Waals surface area contributed by atoms with Crippen LogP contribution in [0.5, 0.6) is 0 Å². The maximum Gasteiger partial charge on any atom is 0.220 e. The predicted molar refractivity (Wildman–Crippen MR) is 93.3 cm³/mol. The summed E-state index contributed by atoms with van der Waals surface area (Å²) in [4.78, 5) is 16.4. The number of nitrogens with one attached hydrogen (secondary N) is 1. The van der Waals surface area contributed by atoms with Crippen molar-refractivity contribution in [2.75, 3.05) is 6.54 Å². The van der Waals surface area contributed by atoms with Crippen molar-refractivity contribution >= 4 is 17.0 Å². The van der Waals surface area contributed by atoms with Gasteiger partial charge in [-0.25, -0.2) is 4.98 Å². The molecule has 0 unspecified atom stereocenters. The third-order valence-electron chi connectivity index (χ3n) is 4.26. The number of nitrogens with zero attached hydrogens (tertiary/aromatic N) is 1. The van der Waals surface area contributed by atoms with Crippen LogP contribution < -0.4 is 5.32 Å². The van der Waals surface area contributed by atoms with Crippen LogP contribution in [-0.4, -0.2) is 17.4 Å². The molecular formula is C19H28N2O2. The highest BCUT2D eigenvalue weighted by Crippen LogP contribution is 2.16. The van der Waals surface area contributed by atoms with Gasteiger partial charge in [-0.05, 0) is 30.9 Å². The monoisotopic (exact) mass is 316 g/mol. The third-order valence-corrected chi connectivity index (χ3v) is 4.26. The second-order valence-electron chi connectivity index (χ2n) is 6.15. The van der Waals surface area contributed by atoms with Gasteiger partial charge < -0.3 is 9.73 Å². The van der Waals surface area contributed by atoms with Gasteiger partial charge in [0.25, 0.3) is 0 Å². The molecule has 1 aromatic heterocycles. The van der Waals surface area contributed by atoms with Crippen LogP contribution in [0.1, 0.15) is 58.3 Å². The number of benzene rings is 1. The topological polar surface area (TPSA) is 55.1 Å². The Bertz CT molecular complexity index is 573. The lowest BCUT2D eigenvalue weighted by Crippen LogP contribution is -2.29. The summed E-state index contributed by atoms with van der Waals surface area (Å²) in [5.74, 6) is 1.46. The standard InChI is InChI=1S/C19H28N2O2/c1-3-5-9-15(4-2)14-20-18(22)12-8-13-19-21-16-10-6-7-11-17(16)23-19/h6-7,10-11,15H,3-5,8-9,12-14H2,1-2H3,(H,20,22)/t15-/m0/s1. The second kappa shape index (κ2) is 9.33. The number of aryl methyl sites for hydroxylation is 1. The van der Waals surface area contributed by atoms with Gasteiger partial charge in [0, 0.05) is 19.4 Å². The van der Waals surface area contributed by atoms with Crippen molar-refractivity contribution < 1.29 is 9.21 Å².